The summed E-state index contributed by atoms with van der Waals surface area (Å²) in [6.07, 6.45) is 1.67. The number of hydrogen-bond acceptors (Lipinski definition) is 4. The van der Waals surface area contributed by atoms with Crippen molar-refractivity contribution in [3.05, 3.63) is 28.8 Å². The van der Waals surface area contributed by atoms with Gasteiger partial charge in [-0.25, -0.2) is 13.1 Å². The maximum absolute atomic E-state index is 12.5. The first-order valence-electron chi connectivity index (χ1n) is 8.07. The Labute approximate surface area is 147 Å². The molecule has 1 aromatic carbocycles. The summed E-state index contributed by atoms with van der Waals surface area (Å²) in [5, 5.41) is 0.100. The Kier molecular flexibility index (Phi) is 5.15. The van der Waals surface area contributed by atoms with Crippen LogP contribution in [0.25, 0.3) is 0 Å². The van der Waals surface area contributed by atoms with Crippen molar-refractivity contribution in [1.29, 1.82) is 0 Å². The van der Waals surface area contributed by atoms with E-state index in [0.29, 0.717) is 31.2 Å². The van der Waals surface area contributed by atoms with Gasteiger partial charge in [-0.1, -0.05) is 18.5 Å². The molecule has 0 spiro atoms. The summed E-state index contributed by atoms with van der Waals surface area (Å²) in [4.78, 5) is 14.0. The van der Waals surface area contributed by atoms with Crippen LogP contribution in [0.1, 0.15) is 30.1 Å². The van der Waals surface area contributed by atoms with Gasteiger partial charge in [0.25, 0.3) is 5.91 Å². The molecule has 0 saturated carbocycles. The van der Waals surface area contributed by atoms with Crippen molar-refractivity contribution in [3.63, 3.8) is 0 Å². The quantitative estimate of drug-likeness (QED) is 0.856. The molecule has 132 valence electrons. The summed E-state index contributed by atoms with van der Waals surface area (Å²) in [5.74, 6) is 0.317. The minimum atomic E-state index is -3.79. The van der Waals surface area contributed by atoms with Crippen molar-refractivity contribution >= 4 is 27.5 Å². The fraction of sp³-hybridized carbons (Fsp3) is 0.562. The molecular weight excluding hydrogens is 352 g/mol. The van der Waals surface area contributed by atoms with Gasteiger partial charge in [-0.15, -0.1) is 0 Å². The molecule has 1 atom stereocenters. The number of carbonyl (C=O) groups excluding carboxylic acids is 1. The second-order valence-electron chi connectivity index (χ2n) is 6.45. The van der Waals surface area contributed by atoms with E-state index in [-0.39, 0.29) is 28.5 Å². The van der Waals surface area contributed by atoms with Crippen LogP contribution in [0.5, 0.6) is 0 Å². The smallest absolute Gasteiger partial charge is 0.253 e. The van der Waals surface area contributed by atoms with Crippen LogP contribution in [0.3, 0.4) is 0 Å². The number of rotatable bonds is 5. The van der Waals surface area contributed by atoms with Crippen LogP contribution in [-0.4, -0.2) is 51.6 Å². The highest BCUT2D eigenvalue weighted by atomic mass is 35.5. The number of carbonyl (C=O) groups is 1. The molecule has 2 heterocycles. The summed E-state index contributed by atoms with van der Waals surface area (Å²) in [7, 11) is -3.79. The minimum absolute atomic E-state index is 0.0680. The van der Waals surface area contributed by atoms with Gasteiger partial charge in [0.15, 0.2) is 0 Å². The van der Waals surface area contributed by atoms with Gasteiger partial charge in [0, 0.05) is 31.8 Å². The molecule has 2 aliphatic heterocycles. The third-order valence-corrected chi connectivity index (χ3v) is 6.25. The maximum atomic E-state index is 12.5. The monoisotopic (exact) mass is 372 g/mol. The Hall–Kier alpha value is -1.15. The summed E-state index contributed by atoms with van der Waals surface area (Å²) >= 11 is 6.06. The fourth-order valence-corrected chi connectivity index (χ4v) is 4.57. The SMILES string of the molecule is CC1CN(C(=O)c2ccc(Cl)c(S(=O)(=O)NC[C@@H]3CCCO3)c2)C1. The standard InChI is InChI=1S/C16H21ClN2O4S/c1-11-9-19(10-11)16(20)12-4-5-14(17)15(7-12)24(21,22)18-8-13-3-2-6-23-13/h4-5,7,11,13,18H,2-3,6,8-10H2,1H3/t13-/m0/s1. The number of halogens is 1. The number of sulfonamides is 1. The molecule has 1 aromatic rings. The highest BCUT2D eigenvalue weighted by molar-refractivity contribution is 7.89. The van der Waals surface area contributed by atoms with E-state index in [1.165, 1.54) is 12.1 Å². The number of ether oxygens (including phenoxy) is 1. The molecule has 0 aromatic heterocycles. The number of nitrogens with one attached hydrogen (secondary N) is 1. The van der Waals surface area contributed by atoms with Gasteiger partial charge >= 0.3 is 0 Å². The van der Waals surface area contributed by atoms with E-state index in [9.17, 15) is 13.2 Å². The Bertz CT molecular complexity index is 726. The number of hydrogen-bond donors (Lipinski definition) is 1. The molecule has 0 radical (unpaired) electrons. The van der Waals surface area contributed by atoms with Crippen LogP contribution >= 0.6 is 11.6 Å². The van der Waals surface area contributed by atoms with Gasteiger partial charge in [0.1, 0.15) is 4.90 Å². The third kappa shape index (κ3) is 3.74. The van der Waals surface area contributed by atoms with Gasteiger partial charge in [-0.05, 0) is 37.0 Å². The molecule has 0 aliphatic carbocycles. The van der Waals surface area contributed by atoms with E-state index in [1.54, 1.807) is 11.0 Å². The molecule has 1 amide bonds. The summed E-state index contributed by atoms with van der Waals surface area (Å²) in [6, 6.07) is 4.37. The van der Waals surface area contributed by atoms with Crippen molar-refractivity contribution in [3.8, 4) is 0 Å². The molecular formula is C16H21ClN2O4S. The first-order valence-corrected chi connectivity index (χ1v) is 9.93. The van der Waals surface area contributed by atoms with E-state index < -0.39 is 10.0 Å². The molecule has 0 unspecified atom stereocenters. The van der Waals surface area contributed by atoms with Crippen molar-refractivity contribution < 1.29 is 17.9 Å². The molecule has 3 rings (SSSR count). The van der Waals surface area contributed by atoms with Gasteiger partial charge < -0.3 is 9.64 Å². The highest BCUT2D eigenvalue weighted by Crippen LogP contribution is 2.25. The summed E-state index contributed by atoms with van der Waals surface area (Å²) in [6.45, 7) is 4.32. The molecule has 8 heteroatoms. The molecule has 24 heavy (non-hydrogen) atoms. The Morgan fingerprint density at radius 3 is 2.79 bits per heavy atom. The second-order valence-corrected chi connectivity index (χ2v) is 8.59. The zero-order chi connectivity index (χ0) is 17.3. The Morgan fingerprint density at radius 2 is 2.17 bits per heavy atom. The van der Waals surface area contributed by atoms with Crippen molar-refractivity contribution in [2.45, 2.75) is 30.8 Å². The zero-order valence-electron chi connectivity index (χ0n) is 13.5. The van der Waals surface area contributed by atoms with Crippen LogP contribution in [0, 0.1) is 5.92 Å². The molecule has 2 saturated heterocycles. The molecule has 2 fully saturated rings. The van der Waals surface area contributed by atoms with Crippen molar-refractivity contribution in [2.24, 2.45) is 5.92 Å². The predicted octanol–water partition coefficient (Wildman–Crippen LogP) is 1.89. The number of amides is 1. The Morgan fingerprint density at radius 1 is 1.42 bits per heavy atom. The molecule has 0 bridgehead atoms. The van der Waals surface area contributed by atoms with Gasteiger partial charge in [0.05, 0.1) is 11.1 Å². The van der Waals surface area contributed by atoms with Crippen LogP contribution < -0.4 is 4.72 Å². The average molecular weight is 373 g/mol. The zero-order valence-corrected chi connectivity index (χ0v) is 15.1. The predicted molar refractivity (Wildman–Crippen MR) is 90.7 cm³/mol. The fourth-order valence-electron chi connectivity index (χ4n) is 2.98. The van der Waals surface area contributed by atoms with E-state index in [2.05, 4.69) is 11.6 Å². The number of nitrogens with zero attached hydrogens (tertiary/aromatic N) is 1. The normalized spacial score (nSPS) is 21.8. The van der Waals surface area contributed by atoms with E-state index in [4.69, 9.17) is 16.3 Å². The lowest BCUT2D eigenvalue weighted by molar-refractivity contribution is 0.0530. The van der Waals surface area contributed by atoms with E-state index >= 15 is 0 Å². The van der Waals surface area contributed by atoms with Crippen LogP contribution in [0.15, 0.2) is 23.1 Å². The highest BCUT2D eigenvalue weighted by Gasteiger charge is 2.29. The third-order valence-electron chi connectivity index (χ3n) is 4.34. The summed E-state index contributed by atoms with van der Waals surface area (Å²) < 4.78 is 33.0. The van der Waals surface area contributed by atoms with Crippen LogP contribution in [0.2, 0.25) is 5.02 Å². The average Bonchev–Trinajstić information content (AvgIpc) is 3.03. The topological polar surface area (TPSA) is 75.7 Å². The summed E-state index contributed by atoms with van der Waals surface area (Å²) in [5.41, 5.74) is 0.337. The number of benzene rings is 1. The molecule has 2 aliphatic rings. The number of likely N-dealkylation sites (tertiary alicyclic amines) is 1. The van der Waals surface area contributed by atoms with Crippen molar-refractivity contribution in [1.82, 2.24) is 9.62 Å². The molecule has 6 nitrogen and oxygen atoms in total. The van der Waals surface area contributed by atoms with Crippen LogP contribution in [-0.2, 0) is 14.8 Å². The molecule has 1 N–H and O–H groups in total. The van der Waals surface area contributed by atoms with Gasteiger partial charge in [0.2, 0.25) is 10.0 Å². The van der Waals surface area contributed by atoms with Gasteiger partial charge in [-0.3, -0.25) is 4.79 Å². The van der Waals surface area contributed by atoms with Gasteiger partial charge in [-0.2, -0.15) is 0 Å². The second kappa shape index (κ2) is 7.00. The van der Waals surface area contributed by atoms with E-state index in [0.717, 1.165) is 12.8 Å². The minimum Gasteiger partial charge on any atom is -0.377 e. The Balaban J connectivity index is 1.76. The first-order chi connectivity index (χ1) is 11.4. The lowest BCUT2D eigenvalue weighted by Crippen LogP contribution is -2.48. The van der Waals surface area contributed by atoms with Crippen molar-refractivity contribution in [2.75, 3.05) is 26.2 Å². The maximum Gasteiger partial charge on any atom is 0.253 e. The van der Waals surface area contributed by atoms with E-state index in [1.807, 2.05) is 0 Å². The largest absolute Gasteiger partial charge is 0.377 e. The lowest BCUT2D eigenvalue weighted by atomic mass is 10.0. The first kappa shape index (κ1) is 17.7. The van der Waals surface area contributed by atoms with Crippen LogP contribution in [0.4, 0.5) is 0 Å². The lowest BCUT2D eigenvalue weighted by Gasteiger charge is -2.37.